The van der Waals surface area contributed by atoms with Crippen molar-refractivity contribution in [3.05, 3.63) is 159 Å². The smallest absolute Gasteiger partial charge is 0.164 e. The molecular formula is C42H32Cl2N2O2. The number of Topliss-reactive ketones (excluding diaryl/α,β-unsaturated/α-hetero) is 1. The highest BCUT2D eigenvalue weighted by atomic mass is 35.5. The van der Waals surface area contributed by atoms with Gasteiger partial charge in [0.2, 0.25) is 0 Å². The molecule has 0 spiro atoms. The van der Waals surface area contributed by atoms with Gasteiger partial charge in [-0.15, -0.1) is 0 Å². The number of halogens is 2. The molecule has 0 aliphatic heterocycles. The Kier molecular flexibility index (Phi) is 7.51. The van der Waals surface area contributed by atoms with Gasteiger partial charge in [-0.25, -0.2) is 0 Å². The standard InChI is InChI=1S/C42H32Cl2N2O2/c1-25-6-18-31(19-7-25)45-35-4-3-5-38(48)40(35)39(41(45)28-12-16-30(44)17-13-28)33-22-23-37(47)34-24-36(27-10-14-29(43)15-11-27)46(42(33)34)32-20-8-26(2)9-21-32/h3-21,24,33,48H,22-23H2,1-2H3/t33-/m0/s1. The second-order valence-electron chi connectivity index (χ2n) is 12.6. The molecule has 4 nitrogen and oxygen atoms in total. The number of nitrogens with zero attached hydrogens (tertiary/aromatic N) is 2. The van der Waals surface area contributed by atoms with Crippen LogP contribution >= 0.6 is 23.2 Å². The van der Waals surface area contributed by atoms with E-state index >= 15 is 0 Å². The molecule has 7 aromatic rings. The molecule has 0 radical (unpaired) electrons. The lowest BCUT2D eigenvalue weighted by Gasteiger charge is -2.27. The summed E-state index contributed by atoms with van der Waals surface area (Å²) in [7, 11) is 0. The van der Waals surface area contributed by atoms with Crippen molar-refractivity contribution in [1.82, 2.24) is 9.13 Å². The maximum atomic E-state index is 13.9. The fourth-order valence-electron chi connectivity index (χ4n) is 7.27. The van der Waals surface area contributed by atoms with Crippen LogP contribution < -0.4 is 0 Å². The normalized spacial score (nSPS) is 14.4. The molecular weight excluding hydrogens is 635 g/mol. The van der Waals surface area contributed by atoms with Crippen molar-refractivity contribution in [2.24, 2.45) is 0 Å². The summed E-state index contributed by atoms with van der Waals surface area (Å²) in [5.41, 5.74) is 11.6. The number of ketones is 1. The molecule has 8 rings (SSSR count). The second kappa shape index (κ2) is 11.9. The summed E-state index contributed by atoms with van der Waals surface area (Å²) in [4.78, 5) is 13.9. The Morgan fingerprint density at radius 1 is 0.688 bits per heavy atom. The van der Waals surface area contributed by atoms with E-state index in [9.17, 15) is 9.90 Å². The molecule has 2 heterocycles. The molecule has 2 aromatic heterocycles. The van der Waals surface area contributed by atoms with Gasteiger partial charge < -0.3 is 14.2 Å². The number of benzene rings is 5. The highest BCUT2D eigenvalue weighted by molar-refractivity contribution is 6.31. The first-order valence-corrected chi connectivity index (χ1v) is 16.8. The van der Waals surface area contributed by atoms with Gasteiger partial charge in [-0.05, 0) is 104 Å². The Balaban J connectivity index is 1.50. The van der Waals surface area contributed by atoms with Gasteiger partial charge in [0.05, 0.1) is 16.9 Å². The molecule has 48 heavy (non-hydrogen) atoms. The van der Waals surface area contributed by atoms with E-state index in [0.717, 1.165) is 67.2 Å². The van der Waals surface area contributed by atoms with Gasteiger partial charge in [0.15, 0.2) is 5.78 Å². The number of aromatic nitrogens is 2. The predicted molar refractivity (Wildman–Crippen MR) is 196 cm³/mol. The Morgan fingerprint density at radius 2 is 1.25 bits per heavy atom. The van der Waals surface area contributed by atoms with E-state index < -0.39 is 0 Å². The molecule has 0 unspecified atom stereocenters. The number of hydrogen-bond acceptors (Lipinski definition) is 2. The van der Waals surface area contributed by atoms with Crippen LogP contribution in [0.25, 0.3) is 44.8 Å². The van der Waals surface area contributed by atoms with Crippen molar-refractivity contribution in [1.29, 1.82) is 0 Å². The van der Waals surface area contributed by atoms with E-state index in [4.69, 9.17) is 23.2 Å². The van der Waals surface area contributed by atoms with Crippen LogP contribution in [-0.2, 0) is 0 Å². The van der Waals surface area contributed by atoms with Gasteiger partial charge in [0, 0.05) is 50.4 Å². The Bertz CT molecular complexity index is 2330. The van der Waals surface area contributed by atoms with Crippen LogP contribution in [0.4, 0.5) is 0 Å². The van der Waals surface area contributed by atoms with E-state index in [1.54, 1.807) is 6.07 Å². The summed E-state index contributed by atoms with van der Waals surface area (Å²) in [5, 5.41) is 13.8. The topological polar surface area (TPSA) is 47.2 Å². The molecule has 0 fully saturated rings. The van der Waals surface area contributed by atoms with Crippen molar-refractivity contribution < 1.29 is 9.90 Å². The lowest BCUT2D eigenvalue weighted by atomic mass is 9.80. The zero-order valence-corrected chi connectivity index (χ0v) is 28.1. The number of aryl methyl sites for hydroxylation is 2. The SMILES string of the molecule is Cc1ccc(-n2c(-c3ccc(Cl)cc3)cc3c2[C@H](c2c(-c4ccc(Cl)cc4)n(-c4ccc(C)cc4)c4cccc(O)c24)CCC3=O)cc1. The summed E-state index contributed by atoms with van der Waals surface area (Å²) < 4.78 is 4.48. The summed E-state index contributed by atoms with van der Waals surface area (Å²) in [6, 6.07) is 40.2. The van der Waals surface area contributed by atoms with E-state index in [-0.39, 0.29) is 17.5 Å². The average molecular weight is 668 g/mol. The number of carbonyl (C=O) groups excluding carboxylic acids is 1. The first kappa shape index (κ1) is 30.3. The first-order chi connectivity index (χ1) is 23.3. The van der Waals surface area contributed by atoms with E-state index in [0.29, 0.717) is 28.5 Å². The summed E-state index contributed by atoms with van der Waals surface area (Å²) in [6.45, 7) is 4.15. The van der Waals surface area contributed by atoms with Crippen LogP contribution in [0.2, 0.25) is 10.0 Å². The largest absolute Gasteiger partial charge is 0.507 e. The highest BCUT2D eigenvalue weighted by Gasteiger charge is 2.37. The third kappa shape index (κ3) is 5.04. The number of fused-ring (bicyclic) bond motifs is 2. The average Bonchev–Trinajstić information content (AvgIpc) is 3.65. The van der Waals surface area contributed by atoms with Gasteiger partial charge in [0.1, 0.15) is 5.75 Å². The number of aromatic hydroxyl groups is 1. The summed E-state index contributed by atoms with van der Waals surface area (Å²) in [5.74, 6) is 0.0866. The molecule has 0 bridgehead atoms. The first-order valence-electron chi connectivity index (χ1n) is 16.1. The fourth-order valence-corrected chi connectivity index (χ4v) is 7.52. The van der Waals surface area contributed by atoms with Gasteiger partial charge in [-0.3, -0.25) is 4.79 Å². The van der Waals surface area contributed by atoms with Crippen molar-refractivity contribution in [2.45, 2.75) is 32.6 Å². The number of rotatable bonds is 5. The summed E-state index contributed by atoms with van der Waals surface area (Å²) in [6.07, 6.45) is 0.976. The van der Waals surface area contributed by atoms with Crippen LogP contribution in [0.1, 0.15) is 51.5 Å². The number of phenolic OH excluding ortho intramolecular Hbond substituents is 1. The molecule has 1 N–H and O–H groups in total. The van der Waals surface area contributed by atoms with Crippen molar-refractivity contribution in [2.75, 3.05) is 0 Å². The third-order valence-electron chi connectivity index (χ3n) is 9.53. The zero-order chi connectivity index (χ0) is 33.1. The van der Waals surface area contributed by atoms with Crippen molar-refractivity contribution >= 4 is 39.9 Å². The van der Waals surface area contributed by atoms with Gasteiger partial charge in [0.25, 0.3) is 0 Å². The Morgan fingerprint density at radius 3 is 1.85 bits per heavy atom. The minimum atomic E-state index is -0.228. The van der Waals surface area contributed by atoms with Crippen molar-refractivity contribution in [3.8, 4) is 39.6 Å². The monoisotopic (exact) mass is 666 g/mol. The molecule has 0 amide bonds. The van der Waals surface area contributed by atoms with Crippen molar-refractivity contribution in [3.63, 3.8) is 0 Å². The van der Waals surface area contributed by atoms with Crippen LogP contribution in [-0.4, -0.2) is 20.0 Å². The van der Waals surface area contributed by atoms with Crippen LogP contribution in [0.5, 0.6) is 5.75 Å². The van der Waals surface area contributed by atoms with Crippen LogP contribution in [0.15, 0.2) is 121 Å². The number of phenols is 1. The molecule has 1 aliphatic rings. The quantitative estimate of drug-likeness (QED) is 0.199. The predicted octanol–water partition coefficient (Wildman–Crippen LogP) is 11.5. The fraction of sp³-hybridized carbons (Fsp3) is 0.119. The lowest BCUT2D eigenvalue weighted by molar-refractivity contribution is 0.0969. The molecule has 236 valence electrons. The molecule has 0 saturated carbocycles. The Labute approximate surface area is 289 Å². The van der Waals surface area contributed by atoms with E-state index in [2.05, 4.69) is 77.6 Å². The zero-order valence-electron chi connectivity index (χ0n) is 26.5. The minimum absolute atomic E-state index is 0.113. The lowest BCUT2D eigenvalue weighted by Crippen LogP contribution is -2.19. The second-order valence-corrected chi connectivity index (χ2v) is 13.5. The maximum Gasteiger partial charge on any atom is 0.164 e. The Hall–Kier alpha value is -5.03. The maximum absolute atomic E-state index is 13.9. The molecule has 6 heteroatoms. The molecule has 1 aliphatic carbocycles. The molecule has 0 saturated heterocycles. The van der Waals surface area contributed by atoms with Gasteiger partial charge in [-0.2, -0.15) is 0 Å². The highest BCUT2D eigenvalue weighted by Crippen LogP contribution is 2.51. The summed E-state index contributed by atoms with van der Waals surface area (Å²) >= 11 is 12.7. The van der Waals surface area contributed by atoms with Crippen LogP contribution in [0, 0.1) is 13.8 Å². The van der Waals surface area contributed by atoms with E-state index in [1.165, 1.54) is 0 Å². The van der Waals surface area contributed by atoms with Gasteiger partial charge >= 0.3 is 0 Å². The third-order valence-corrected chi connectivity index (χ3v) is 10.0. The molecule has 1 atom stereocenters. The molecule has 5 aromatic carbocycles. The number of carbonyl (C=O) groups is 1. The van der Waals surface area contributed by atoms with E-state index in [1.807, 2.05) is 60.7 Å². The van der Waals surface area contributed by atoms with Gasteiger partial charge in [-0.1, -0.05) is 88.9 Å². The number of hydrogen-bond donors (Lipinski definition) is 1. The van der Waals surface area contributed by atoms with Crippen LogP contribution in [0.3, 0.4) is 0 Å². The minimum Gasteiger partial charge on any atom is -0.507 e.